The molecule has 0 radical (unpaired) electrons. The molecule has 10 heteroatoms. The van der Waals surface area contributed by atoms with Gasteiger partial charge in [-0.3, -0.25) is 5.01 Å². The standard InChI is InChI=1S/C26H40N6O4/c1-4-16(2)27-26(33)36-19-9-8-18(12-19)22-13-23(30-29-22)28-21-7-5-6-20-24(21)32(3)31-25(20)35-15-17-10-11-34-14-17/h5-7,16-19,21-22,24,29H,4,8-15H2,1-3H3,(H,27,33)(H,28,30). The number of alkyl carbamates (subject to hydrolysis) is 1. The maximum atomic E-state index is 12.1. The summed E-state index contributed by atoms with van der Waals surface area (Å²) in [7, 11) is 2.00. The van der Waals surface area contributed by atoms with Crippen molar-refractivity contribution in [3.63, 3.8) is 0 Å². The molecule has 1 saturated carbocycles. The van der Waals surface area contributed by atoms with Crippen LogP contribution >= 0.6 is 0 Å². The van der Waals surface area contributed by atoms with Gasteiger partial charge in [-0.1, -0.05) is 25.2 Å². The number of amidine groups is 1. The van der Waals surface area contributed by atoms with E-state index in [1.54, 1.807) is 0 Å². The number of hydrogen-bond acceptors (Lipinski definition) is 9. The van der Waals surface area contributed by atoms with Crippen LogP contribution in [0.3, 0.4) is 0 Å². The molecule has 7 atom stereocenters. The Kier molecular flexibility index (Phi) is 7.69. The number of likely N-dealkylation sites (N-methyl/N-ethyl adjacent to an activating group) is 1. The number of hydrogen-bond donors (Lipinski definition) is 3. The molecule has 5 rings (SSSR count). The van der Waals surface area contributed by atoms with Gasteiger partial charge in [-0.05, 0) is 44.9 Å². The fourth-order valence-electron chi connectivity index (χ4n) is 5.67. The molecule has 1 amide bonds. The Morgan fingerprint density at radius 3 is 3.06 bits per heavy atom. The second-order valence-electron chi connectivity index (χ2n) is 10.7. The molecule has 0 bridgehead atoms. The summed E-state index contributed by atoms with van der Waals surface area (Å²) in [6, 6.07) is 0.510. The second kappa shape index (κ2) is 11.1. The van der Waals surface area contributed by atoms with Crippen LogP contribution in [-0.2, 0) is 14.2 Å². The molecule has 3 aliphatic heterocycles. The highest BCUT2D eigenvalue weighted by atomic mass is 16.6. The molecule has 0 aromatic carbocycles. The SMILES string of the molecule is CCC(C)NC(=O)OC1CCC(C2CC(NC3C=CC=C4C(OCC5CCOC5)=NN(C)C43)=NN2)C1. The van der Waals surface area contributed by atoms with Crippen LogP contribution in [0, 0.1) is 11.8 Å². The number of carbonyl (C=O) groups excluding carboxylic acids is 1. The number of allylic oxidation sites excluding steroid dienone is 2. The van der Waals surface area contributed by atoms with Crippen LogP contribution < -0.4 is 16.1 Å². The first-order chi connectivity index (χ1) is 17.5. The molecule has 2 aliphatic carbocycles. The number of nitrogens with one attached hydrogen (secondary N) is 3. The van der Waals surface area contributed by atoms with Crippen molar-refractivity contribution in [2.24, 2.45) is 22.0 Å². The van der Waals surface area contributed by atoms with Crippen LogP contribution in [0.1, 0.15) is 52.4 Å². The first-order valence-electron chi connectivity index (χ1n) is 13.5. The fourth-order valence-corrected chi connectivity index (χ4v) is 5.67. The van der Waals surface area contributed by atoms with Crippen molar-refractivity contribution in [1.29, 1.82) is 0 Å². The zero-order chi connectivity index (χ0) is 25.1. The summed E-state index contributed by atoms with van der Waals surface area (Å²) in [4.78, 5) is 12.1. The first-order valence-corrected chi connectivity index (χ1v) is 13.5. The quantitative estimate of drug-likeness (QED) is 0.493. The van der Waals surface area contributed by atoms with Crippen molar-refractivity contribution in [1.82, 2.24) is 21.1 Å². The number of rotatable bonds is 7. The topological polar surface area (TPSA) is 109 Å². The third-order valence-corrected chi connectivity index (χ3v) is 7.99. The van der Waals surface area contributed by atoms with Gasteiger partial charge < -0.3 is 30.3 Å². The number of carbonyl (C=O) groups is 1. The molecule has 1 saturated heterocycles. The van der Waals surface area contributed by atoms with E-state index in [0.29, 0.717) is 24.3 Å². The number of ether oxygens (including phenoxy) is 3. The van der Waals surface area contributed by atoms with Crippen molar-refractivity contribution < 1.29 is 19.0 Å². The zero-order valence-electron chi connectivity index (χ0n) is 21.6. The molecular formula is C26H40N6O4. The predicted octanol–water partition coefficient (Wildman–Crippen LogP) is 2.49. The third kappa shape index (κ3) is 5.63. The van der Waals surface area contributed by atoms with E-state index in [4.69, 9.17) is 14.2 Å². The van der Waals surface area contributed by atoms with Gasteiger partial charge in [0.2, 0.25) is 5.90 Å². The van der Waals surface area contributed by atoms with E-state index in [-0.39, 0.29) is 36.4 Å². The lowest BCUT2D eigenvalue weighted by Crippen LogP contribution is -2.48. The highest BCUT2D eigenvalue weighted by molar-refractivity contribution is 5.97. The van der Waals surface area contributed by atoms with E-state index in [2.05, 4.69) is 44.5 Å². The van der Waals surface area contributed by atoms with Crippen molar-refractivity contribution in [3.8, 4) is 0 Å². The summed E-state index contributed by atoms with van der Waals surface area (Å²) in [5, 5.41) is 17.8. The molecule has 3 N–H and O–H groups in total. The van der Waals surface area contributed by atoms with E-state index in [1.807, 2.05) is 25.9 Å². The molecule has 0 aromatic rings. The Bertz CT molecular complexity index is 927. The van der Waals surface area contributed by atoms with Crippen LogP contribution in [0.25, 0.3) is 0 Å². The Morgan fingerprint density at radius 2 is 2.25 bits per heavy atom. The molecule has 0 spiro atoms. The van der Waals surface area contributed by atoms with Gasteiger partial charge in [0.15, 0.2) is 0 Å². The molecule has 3 heterocycles. The fraction of sp³-hybridized carbons (Fsp3) is 0.731. The van der Waals surface area contributed by atoms with Crippen molar-refractivity contribution >= 4 is 17.8 Å². The molecule has 10 nitrogen and oxygen atoms in total. The van der Waals surface area contributed by atoms with Crippen LogP contribution in [0.15, 0.2) is 34.0 Å². The summed E-state index contributed by atoms with van der Waals surface area (Å²) in [6.45, 7) is 6.26. The molecular weight excluding hydrogens is 460 g/mol. The molecule has 198 valence electrons. The van der Waals surface area contributed by atoms with Gasteiger partial charge in [0, 0.05) is 37.6 Å². The largest absolute Gasteiger partial charge is 0.476 e. The van der Waals surface area contributed by atoms with Crippen molar-refractivity contribution in [2.45, 2.75) is 82.6 Å². The lowest BCUT2D eigenvalue weighted by Gasteiger charge is -2.30. The maximum absolute atomic E-state index is 12.1. The van der Waals surface area contributed by atoms with Crippen LogP contribution in [0.2, 0.25) is 0 Å². The lowest BCUT2D eigenvalue weighted by molar-refractivity contribution is 0.0949. The van der Waals surface area contributed by atoms with Crippen LogP contribution in [0.5, 0.6) is 0 Å². The minimum Gasteiger partial charge on any atom is -0.476 e. The molecule has 7 unspecified atom stereocenters. The Balaban J connectivity index is 1.09. The number of nitrogens with zero attached hydrogens (tertiary/aromatic N) is 3. The first kappa shape index (κ1) is 24.9. The van der Waals surface area contributed by atoms with Gasteiger partial charge in [-0.15, -0.1) is 5.10 Å². The van der Waals surface area contributed by atoms with E-state index in [1.165, 1.54) is 0 Å². The van der Waals surface area contributed by atoms with E-state index < -0.39 is 0 Å². The lowest BCUT2D eigenvalue weighted by atomic mass is 9.93. The summed E-state index contributed by atoms with van der Waals surface area (Å²) >= 11 is 0. The number of amides is 1. The van der Waals surface area contributed by atoms with Crippen LogP contribution in [0.4, 0.5) is 4.79 Å². The monoisotopic (exact) mass is 500 g/mol. The van der Waals surface area contributed by atoms with E-state index >= 15 is 0 Å². The maximum Gasteiger partial charge on any atom is 0.407 e. The smallest absolute Gasteiger partial charge is 0.407 e. The Morgan fingerprint density at radius 1 is 1.36 bits per heavy atom. The summed E-state index contributed by atoms with van der Waals surface area (Å²) in [5.41, 5.74) is 4.44. The van der Waals surface area contributed by atoms with Gasteiger partial charge in [-0.25, -0.2) is 4.79 Å². The average Bonchev–Trinajstić information content (AvgIpc) is 3.66. The van der Waals surface area contributed by atoms with Crippen molar-refractivity contribution in [2.75, 3.05) is 26.9 Å². The third-order valence-electron chi connectivity index (χ3n) is 7.99. The minimum atomic E-state index is -0.302. The molecule has 36 heavy (non-hydrogen) atoms. The Labute approximate surface area is 213 Å². The van der Waals surface area contributed by atoms with Gasteiger partial charge in [0.25, 0.3) is 0 Å². The van der Waals surface area contributed by atoms with Crippen molar-refractivity contribution in [3.05, 3.63) is 23.8 Å². The molecule has 0 aromatic heterocycles. The molecule has 2 fully saturated rings. The van der Waals surface area contributed by atoms with Gasteiger partial charge in [-0.2, -0.15) is 5.10 Å². The minimum absolute atomic E-state index is 0.0228. The van der Waals surface area contributed by atoms with Gasteiger partial charge >= 0.3 is 6.09 Å². The number of fused-ring (bicyclic) bond motifs is 1. The highest BCUT2D eigenvalue weighted by Gasteiger charge is 2.40. The Hall–Kier alpha value is -2.75. The average molecular weight is 501 g/mol. The predicted molar refractivity (Wildman–Crippen MR) is 137 cm³/mol. The zero-order valence-corrected chi connectivity index (χ0v) is 21.6. The molecule has 5 aliphatic rings. The summed E-state index contributed by atoms with van der Waals surface area (Å²) in [5.74, 6) is 2.55. The van der Waals surface area contributed by atoms with Gasteiger partial charge in [0.1, 0.15) is 18.0 Å². The highest BCUT2D eigenvalue weighted by Crippen LogP contribution is 2.33. The van der Waals surface area contributed by atoms with E-state index in [9.17, 15) is 4.79 Å². The summed E-state index contributed by atoms with van der Waals surface area (Å²) in [6.07, 6.45) is 11.6. The van der Waals surface area contributed by atoms with Crippen LogP contribution in [-0.4, -0.2) is 80.0 Å². The number of hydrazone groups is 2. The summed E-state index contributed by atoms with van der Waals surface area (Å²) < 4.78 is 17.2. The van der Waals surface area contributed by atoms with E-state index in [0.717, 1.165) is 63.1 Å². The second-order valence-corrected chi connectivity index (χ2v) is 10.7. The van der Waals surface area contributed by atoms with Gasteiger partial charge in [0.05, 0.1) is 25.3 Å². The normalized spacial score (nSPS) is 33.9.